The number of halogens is 3. The zero-order chi connectivity index (χ0) is 24.0. The molecule has 4 rings (SSSR count). The molecule has 0 bridgehead atoms. The Morgan fingerprint density at radius 3 is 2.45 bits per heavy atom. The molecule has 176 valence electrons. The Morgan fingerprint density at radius 1 is 1.15 bits per heavy atom. The monoisotopic (exact) mass is 497 g/mol. The number of rotatable bonds is 4. The van der Waals surface area contributed by atoms with Crippen LogP contribution < -0.4 is 10.2 Å². The van der Waals surface area contributed by atoms with Gasteiger partial charge in [0.25, 0.3) is 0 Å². The lowest BCUT2D eigenvalue weighted by Crippen LogP contribution is -2.37. The third kappa shape index (κ3) is 5.35. The van der Waals surface area contributed by atoms with Gasteiger partial charge in [-0.05, 0) is 49.2 Å². The Kier molecular flexibility index (Phi) is 6.21. The van der Waals surface area contributed by atoms with Gasteiger partial charge in [0.1, 0.15) is 6.54 Å². The number of carbonyl (C=O) groups is 1. The highest BCUT2D eigenvalue weighted by atomic mass is 32.2. The summed E-state index contributed by atoms with van der Waals surface area (Å²) in [6.45, 7) is 3.53. The zero-order valence-electron chi connectivity index (χ0n) is 17.9. The topological polar surface area (TPSA) is 78.8 Å². The highest BCUT2D eigenvalue weighted by Crippen LogP contribution is 2.38. The van der Waals surface area contributed by atoms with E-state index in [1.165, 1.54) is 30.0 Å². The lowest BCUT2D eigenvalue weighted by molar-refractivity contribution is -0.137. The van der Waals surface area contributed by atoms with E-state index in [0.717, 1.165) is 17.2 Å². The van der Waals surface area contributed by atoms with E-state index < -0.39 is 33.5 Å². The standard InChI is InChI=1S/C22H22F3N3O3S2/c1-13-7-14(2)9-15(8-13)28(21-27-18-11-33(30,31)12-19(18)32-21)10-20(29)26-17-6-4-3-5-16(17)22(23,24)25/h3-9,18-19H,10-12H2,1-2H3,(H,26,29)/t18-,19+/m1/s1. The second-order valence-corrected chi connectivity index (χ2v) is 11.6. The molecule has 2 heterocycles. The number of sulfone groups is 1. The fraction of sp³-hybridized carbons (Fsp3) is 0.364. The first-order chi connectivity index (χ1) is 15.4. The van der Waals surface area contributed by atoms with Crippen molar-refractivity contribution < 1.29 is 26.4 Å². The van der Waals surface area contributed by atoms with Crippen LogP contribution in [-0.4, -0.2) is 48.8 Å². The number of aliphatic imine (C=N–C) groups is 1. The number of amides is 1. The van der Waals surface area contributed by atoms with Crippen molar-refractivity contribution in [3.8, 4) is 0 Å². The van der Waals surface area contributed by atoms with Gasteiger partial charge < -0.3 is 10.2 Å². The van der Waals surface area contributed by atoms with Crippen molar-refractivity contribution >= 4 is 44.0 Å². The van der Waals surface area contributed by atoms with Gasteiger partial charge in [0.2, 0.25) is 5.91 Å². The second kappa shape index (κ2) is 8.68. The van der Waals surface area contributed by atoms with Crippen LogP contribution in [0.2, 0.25) is 0 Å². The SMILES string of the molecule is Cc1cc(C)cc(N(CC(=O)Nc2ccccc2C(F)(F)F)C2=N[C@@H]3CS(=O)(=O)C[C@@H]3S2)c1. The Bertz CT molecular complexity index is 1210. The Hall–Kier alpha value is -2.53. The molecule has 1 N–H and O–H groups in total. The molecule has 2 atom stereocenters. The molecular formula is C22H22F3N3O3S2. The van der Waals surface area contributed by atoms with E-state index in [4.69, 9.17) is 0 Å². The number of anilines is 2. The molecule has 2 aromatic rings. The molecule has 0 aromatic heterocycles. The lowest BCUT2D eigenvalue weighted by Gasteiger charge is -2.25. The van der Waals surface area contributed by atoms with Gasteiger partial charge in [-0.1, -0.05) is 30.0 Å². The fourth-order valence-corrected chi connectivity index (χ4v) is 7.80. The highest BCUT2D eigenvalue weighted by molar-refractivity contribution is 8.15. The Morgan fingerprint density at radius 2 is 1.82 bits per heavy atom. The van der Waals surface area contributed by atoms with E-state index in [2.05, 4.69) is 10.3 Å². The average molecular weight is 498 g/mol. The summed E-state index contributed by atoms with van der Waals surface area (Å²) in [6, 6.07) is 10.1. The molecule has 0 saturated carbocycles. The van der Waals surface area contributed by atoms with Crippen LogP contribution in [0.5, 0.6) is 0 Å². The Balaban J connectivity index is 1.62. The van der Waals surface area contributed by atoms with Crippen molar-refractivity contribution in [1.82, 2.24) is 0 Å². The van der Waals surface area contributed by atoms with Crippen LogP contribution in [0.1, 0.15) is 16.7 Å². The minimum absolute atomic E-state index is 0.0151. The van der Waals surface area contributed by atoms with Crippen LogP contribution in [0, 0.1) is 13.8 Å². The van der Waals surface area contributed by atoms with Crippen LogP contribution in [0.25, 0.3) is 0 Å². The van der Waals surface area contributed by atoms with E-state index >= 15 is 0 Å². The smallest absolute Gasteiger partial charge is 0.324 e. The van der Waals surface area contributed by atoms with E-state index in [-0.39, 0.29) is 29.0 Å². The van der Waals surface area contributed by atoms with E-state index in [9.17, 15) is 26.4 Å². The summed E-state index contributed by atoms with van der Waals surface area (Å²) in [5.41, 5.74) is 1.32. The Labute approximate surface area is 194 Å². The van der Waals surface area contributed by atoms with Crippen LogP contribution in [0.15, 0.2) is 47.5 Å². The number of nitrogens with one attached hydrogen (secondary N) is 1. The van der Waals surface area contributed by atoms with Gasteiger partial charge in [-0.2, -0.15) is 13.2 Å². The van der Waals surface area contributed by atoms with Gasteiger partial charge in [-0.25, -0.2) is 8.42 Å². The number of aryl methyl sites for hydroxylation is 2. The number of hydrogen-bond acceptors (Lipinski definition) is 6. The van der Waals surface area contributed by atoms with Gasteiger partial charge >= 0.3 is 6.18 Å². The number of alkyl halides is 3. The van der Waals surface area contributed by atoms with Gasteiger partial charge in [0.05, 0.1) is 28.8 Å². The molecule has 0 spiro atoms. The summed E-state index contributed by atoms with van der Waals surface area (Å²) >= 11 is 1.29. The number of fused-ring (bicyclic) bond motifs is 1. The molecule has 2 aliphatic rings. The van der Waals surface area contributed by atoms with Crippen molar-refractivity contribution in [3.63, 3.8) is 0 Å². The summed E-state index contributed by atoms with van der Waals surface area (Å²) < 4.78 is 63.8. The summed E-state index contributed by atoms with van der Waals surface area (Å²) in [5, 5.41) is 2.63. The number of carbonyl (C=O) groups excluding carboxylic acids is 1. The van der Waals surface area contributed by atoms with E-state index in [1.807, 2.05) is 32.0 Å². The second-order valence-electron chi connectivity index (χ2n) is 8.24. The van der Waals surface area contributed by atoms with Gasteiger partial charge in [0.15, 0.2) is 15.0 Å². The van der Waals surface area contributed by atoms with Crippen LogP contribution in [0.4, 0.5) is 24.5 Å². The van der Waals surface area contributed by atoms with E-state index in [0.29, 0.717) is 10.9 Å². The molecule has 1 saturated heterocycles. The maximum Gasteiger partial charge on any atom is 0.418 e. The van der Waals surface area contributed by atoms with Crippen molar-refractivity contribution in [2.24, 2.45) is 4.99 Å². The predicted molar refractivity (Wildman–Crippen MR) is 125 cm³/mol. The summed E-state index contributed by atoms with van der Waals surface area (Å²) in [4.78, 5) is 19.1. The zero-order valence-corrected chi connectivity index (χ0v) is 19.5. The number of benzene rings is 2. The largest absolute Gasteiger partial charge is 0.418 e. The number of thioether (sulfide) groups is 1. The molecule has 2 aliphatic heterocycles. The molecule has 1 fully saturated rings. The molecule has 11 heteroatoms. The average Bonchev–Trinajstić information content (AvgIpc) is 3.18. The van der Waals surface area contributed by atoms with Crippen molar-refractivity contribution in [1.29, 1.82) is 0 Å². The molecule has 0 aliphatic carbocycles. The number of nitrogens with zero attached hydrogens (tertiary/aromatic N) is 2. The van der Waals surface area contributed by atoms with Crippen LogP contribution in [0.3, 0.4) is 0 Å². The van der Waals surface area contributed by atoms with Gasteiger partial charge in [-0.15, -0.1) is 0 Å². The van der Waals surface area contributed by atoms with Crippen molar-refractivity contribution in [3.05, 3.63) is 59.2 Å². The summed E-state index contributed by atoms with van der Waals surface area (Å²) in [7, 11) is -3.15. The van der Waals surface area contributed by atoms with Crippen LogP contribution >= 0.6 is 11.8 Å². The van der Waals surface area contributed by atoms with Gasteiger partial charge in [-0.3, -0.25) is 9.79 Å². The highest BCUT2D eigenvalue weighted by Gasteiger charge is 2.44. The van der Waals surface area contributed by atoms with Crippen molar-refractivity contribution in [2.75, 3.05) is 28.3 Å². The number of amidine groups is 1. The number of hydrogen-bond donors (Lipinski definition) is 1. The van der Waals surface area contributed by atoms with Gasteiger partial charge in [0, 0.05) is 10.9 Å². The minimum Gasteiger partial charge on any atom is -0.324 e. The first-order valence-electron chi connectivity index (χ1n) is 10.2. The molecule has 1 amide bonds. The molecule has 6 nitrogen and oxygen atoms in total. The third-order valence-electron chi connectivity index (χ3n) is 5.36. The quantitative estimate of drug-likeness (QED) is 0.690. The summed E-state index contributed by atoms with van der Waals surface area (Å²) in [6.07, 6.45) is -4.61. The third-order valence-corrected chi connectivity index (χ3v) is 8.61. The first kappa shape index (κ1) is 23.6. The first-order valence-corrected chi connectivity index (χ1v) is 12.9. The minimum atomic E-state index is -4.61. The molecule has 33 heavy (non-hydrogen) atoms. The molecule has 0 unspecified atom stereocenters. The number of para-hydroxylation sites is 1. The summed E-state index contributed by atoms with van der Waals surface area (Å²) in [5.74, 6) is -0.667. The maximum absolute atomic E-state index is 13.3. The lowest BCUT2D eigenvalue weighted by atomic mass is 10.1. The van der Waals surface area contributed by atoms with E-state index in [1.54, 1.807) is 4.90 Å². The van der Waals surface area contributed by atoms with Crippen molar-refractivity contribution in [2.45, 2.75) is 31.3 Å². The molecule has 2 aromatic carbocycles. The van der Waals surface area contributed by atoms with Crippen LogP contribution in [-0.2, 0) is 20.8 Å². The fourth-order valence-electron chi connectivity index (χ4n) is 4.02. The molecule has 0 radical (unpaired) electrons. The predicted octanol–water partition coefficient (Wildman–Crippen LogP) is 4.04. The normalized spacial score (nSPS) is 21.4. The molecular weight excluding hydrogens is 475 g/mol. The maximum atomic E-state index is 13.3.